The zero-order valence-electron chi connectivity index (χ0n) is 19.1. The van der Waals surface area contributed by atoms with Crippen LogP contribution in [0.25, 0.3) is 32.0 Å². The Morgan fingerprint density at radius 1 is 1.03 bits per heavy atom. The van der Waals surface area contributed by atoms with E-state index in [9.17, 15) is 9.59 Å². The number of nitrogens with zero attached hydrogens (tertiary/aromatic N) is 3. The predicted octanol–water partition coefficient (Wildman–Crippen LogP) is 4.77. The van der Waals surface area contributed by atoms with Crippen molar-refractivity contribution in [2.24, 2.45) is 0 Å². The van der Waals surface area contributed by atoms with Crippen LogP contribution in [0.15, 0.2) is 69.9 Å². The van der Waals surface area contributed by atoms with Crippen LogP contribution in [0.4, 0.5) is 5.13 Å². The van der Waals surface area contributed by atoms with Gasteiger partial charge in [0.1, 0.15) is 16.9 Å². The van der Waals surface area contributed by atoms with Crippen LogP contribution in [0, 0.1) is 0 Å². The van der Waals surface area contributed by atoms with Crippen LogP contribution in [0.5, 0.6) is 5.75 Å². The standard InChI is InChI=1S/C26H23N3O4S/c1-28(2)12-13-29(26-27-21-14-17(32-3)9-11-23(21)34-26)24(30)20-15-19-18-7-5-4-6-16(18)8-10-22(19)33-25(20)31/h4-11,14-15H,12-13H2,1-3H3. The molecule has 0 bridgehead atoms. The van der Waals surface area contributed by atoms with Crippen molar-refractivity contribution in [3.8, 4) is 5.75 Å². The van der Waals surface area contributed by atoms with Gasteiger partial charge in [-0.2, -0.15) is 0 Å². The van der Waals surface area contributed by atoms with Crippen molar-refractivity contribution < 1.29 is 13.9 Å². The van der Waals surface area contributed by atoms with Gasteiger partial charge in [-0.1, -0.05) is 41.7 Å². The van der Waals surface area contributed by atoms with Crippen molar-refractivity contribution in [3.05, 3.63) is 76.6 Å². The molecule has 8 heteroatoms. The summed E-state index contributed by atoms with van der Waals surface area (Å²) in [4.78, 5) is 34.8. The van der Waals surface area contributed by atoms with Crippen molar-refractivity contribution in [1.82, 2.24) is 9.88 Å². The fourth-order valence-electron chi connectivity index (χ4n) is 3.89. The van der Waals surface area contributed by atoms with Crippen molar-refractivity contribution in [3.63, 3.8) is 0 Å². The van der Waals surface area contributed by atoms with Crippen LogP contribution >= 0.6 is 11.3 Å². The highest BCUT2D eigenvalue weighted by atomic mass is 32.1. The van der Waals surface area contributed by atoms with Crippen LogP contribution in [0.3, 0.4) is 0 Å². The third kappa shape index (κ3) is 4.02. The molecule has 0 saturated heterocycles. The summed E-state index contributed by atoms with van der Waals surface area (Å²) in [6.07, 6.45) is 0. The Bertz CT molecular complexity index is 1590. The first-order valence-electron chi connectivity index (χ1n) is 10.8. The average molecular weight is 474 g/mol. The number of methoxy groups -OCH3 is 1. The first-order chi connectivity index (χ1) is 16.4. The number of amides is 1. The second kappa shape index (κ2) is 8.89. The molecule has 2 heterocycles. The number of carbonyl (C=O) groups is 1. The summed E-state index contributed by atoms with van der Waals surface area (Å²) in [6, 6.07) is 18.7. The van der Waals surface area contributed by atoms with Gasteiger partial charge >= 0.3 is 5.63 Å². The number of ether oxygens (including phenoxy) is 1. The minimum atomic E-state index is -0.662. The average Bonchev–Trinajstić information content (AvgIpc) is 3.26. The zero-order chi connectivity index (χ0) is 23.8. The number of thiazole rings is 1. The van der Waals surface area contributed by atoms with Crippen molar-refractivity contribution >= 4 is 54.3 Å². The van der Waals surface area contributed by atoms with Crippen LogP contribution < -0.4 is 15.3 Å². The molecule has 7 nitrogen and oxygen atoms in total. The maximum atomic E-state index is 13.7. The number of hydrogen-bond acceptors (Lipinski definition) is 7. The lowest BCUT2D eigenvalue weighted by Crippen LogP contribution is -2.38. The highest BCUT2D eigenvalue weighted by molar-refractivity contribution is 7.22. The Morgan fingerprint density at radius 3 is 2.65 bits per heavy atom. The van der Waals surface area contributed by atoms with E-state index in [1.165, 1.54) is 11.3 Å². The normalized spacial score (nSPS) is 11.5. The molecule has 0 radical (unpaired) electrons. The minimum Gasteiger partial charge on any atom is -0.497 e. The third-order valence-electron chi connectivity index (χ3n) is 5.70. The smallest absolute Gasteiger partial charge is 0.349 e. The molecule has 5 aromatic rings. The van der Waals surface area contributed by atoms with Gasteiger partial charge < -0.3 is 14.1 Å². The second-order valence-corrected chi connectivity index (χ2v) is 9.25. The Labute approximate surface area is 199 Å². The first-order valence-corrected chi connectivity index (χ1v) is 11.6. The second-order valence-electron chi connectivity index (χ2n) is 8.24. The van der Waals surface area contributed by atoms with Gasteiger partial charge in [-0.05, 0) is 49.1 Å². The van der Waals surface area contributed by atoms with E-state index in [1.807, 2.05) is 67.5 Å². The molecule has 0 fully saturated rings. The van der Waals surface area contributed by atoms with E-state index < -0.39 is 11.5 Å². The molecule has 0 aliphatic carbocycles. The molecule has 0 atom stereocenters. The van der Waals surface area contributed by atoms with Gasteiger partial charge in [0, 0.05) is 24.5 Å². The molecule has 3 aromatic carbocycles. The lowest BCUT2D eigenvalue weighted by Gasteiger charge is -2.21. The van der Waals surface area contributed by atoms with E-state index in [0.717, 1.165) is 26.4 Å². The third-order valence-corrected chi connectivity index (χ3v) is 6.76. The fourth-order valence-corrected chi connectivity index (χ4v) is 4.86. The van der Waals surface area contributed by atoms with E-state index in [0.29, 0.717) is 29.6 Å². The number of hydrogen-bond donors (Lipinski definition) is 0. The fraction of sp³-hybridized carbons (Fsp3) is 0.192. The summed E-state index contributed by atoms with van der Waals surface area (Å²) in [6.45, 7) is 0.975. The van der Waals surface area contributed by atoms with Crippen LogP contribution in [-0.2, 0) is 0 Å². The molecule has 0 unspecified atom stereocenters. The molecular weight excluding hydrogens is 450 g/mol. The minimum absolute atomic E-state index is 0.0144. The van der Waals surface area contributed by atoms with E-state index >= 15 is 0 Å². The number of fused-ring (bicyclic) bond motifs is 4. The molecule has 5 rings (SSSR count). The van der Waals surface area contributed by atoms with Gasteiger partial charge in [-0.15, -0.1) is 0 Å². The van der Waals surface area contributed by atoms with Crippen molar-refractivity contribution in [2.75, 3.05) is 39.2 Å². The molecule has 0 N–H and O–H groups in total. The van der Waals surface area contributed by atoms with E-state index in [-0.39, 0.29) is 5.56 Å². The number of anilines is 1. The summed E-state index contributed by atoms with van der Waals surface area (Å²) in [5.41, 5.74) is 0.510. The van der Waals surface area contributed by atoms with Crippen LogP contribution in [0.1, 0.15) is 10.4 Å². The van der Waals surface area contributed by atoms with Crippen molar-refractivity contribution in [1.29, 1.82) is 0 Å². The molecule has 0 aliphatic rings. The largest absolute Gasteiger partial charge is 0.497 e. The molecule has 1 amide bonds. The zero-order valence-corrected chi connectivity index (χ0v) is 19.9. The van der Waals surface area contributed by atoms with Gasteiger partial charge in [-0.3, -0.25) is 9.69 Å². The molecule has 0 saturated carbocycles. The molecule has 0 spiro atoms. The highest BCUT2D eigenvalue weighted by Crippen LogP contribution is 2.32. The van der Waals surface area contributed by atoms with Gasteiger partial charge in [-0.25, -0.2) is 9.78 Å². The van der Waals surface area contributed by atoms with E-state index in [1.54, 1.807) is 24.1 Å². The number of likely N-dealkylation sites (N-methyl/N-ethyl adjacent to an activating group) is 1. The van der Waals surface area contributed by atoms with Crippen LogP contribution in [-0.4, -0.2) is 50.1 Å². The molecular formula is C26H23N3O4S. The summed E-state index contributed by atoms with van der Waals surface area (Å²) in [5, 5.41) is 3.17. The number of aromatic nitrogens is 1. The van der Waals surface area contributed by atoms with Crippen LogP contribution in [0.2, 0.25) is 0 Å². The summed E-state index contributed by atoms with van der Waals surface area (Å²) < 4.78 is 11.8. The number of rotatable bonds is 6. The Kier molecular flexibility index (Phi) is 5.77. The Hall–Kier alpha value is -3.75. The lowest BCUT2D eigenvalue weighted by atomic mass is 10.0. The Morgan fingerprint density at radius 2 is 1.85 bits per heavy atom. The molecule has 0 aliphatic heterocycles. The maximum absolute atomic E-state index is 13.7. The molecule has 172 valence electrons. The maximum Gasteiger partial charge on any atom is 0.349 e. The number of benzene rings is 3. The summed E-state index contributed by atoms with van der Waals surface area (Å²) in [7, 11) is 5.47. The summed E-state index contributed by atoms with van der Waals surface area (Å²) in [5.74, 6) is 0.258. The predicted molar refractivity (Wildman–Crippen MR) is 136 cm³/mol. The molecule has 34 heavy (non-hydrogen) atoms. The lowest BCUT2D eigenvalue weighted by molar-refractivity contribution is 0.0982. The monoisotopic (exact) mass is 473 g/mol. The van der Waals surface area contributed by atoms with E-state index in [2.05, 4.69) is 4.98 Å². The van der Waals surface area contributed by atoms with Crippen molar-refractivity contribution in [2.45, 2.75) is 0 Å². The van der Waals surface area contributed by atoms with Gasteiger partial charge in [0.2, 0.25) is 0 Å². The Balaban J connectivity index is 1.63. The van der Waals surface area contributed by atoms with E-state index in [4.69, 9.17) is 9.15 Å². The SMILES string of the molecule is COc1ccc2sc(N(CCN(C)C)C(=O)c3cc4c(ccc5ccccc54)oc3=O)nc2c1. The van der Waals surface area contributed by atoms with Gasteiger partial charge in [0.25, 0.3) is 5.91 Å². The summed E-state index contributed by atoms with van der Waals surface area (Å²) >= 11 is 1.40. The topological polar surface area (TPSA) is 75.9 Å². The number of carbonyl (C=O) groups excluding carboxylic acids is 1. The quantitative estimate of drug-likeness (QED) is 0.261. The molecule has 2 aromatic heterocycles. The highest BCUT2D eigenvalue weighted by Gasteiger charge is 2.25. The first kappa shape index (κ1) is 22.1. The van der Waals surface area contributed by atoms with Gasteiger partial charge in [0.15, 0.2) is 5.13 Å². The van der Waals surface area contributed by atoms with Gasteiger partial charge in [0.05, 0.1) is 17.3 Å².